The molecule has 0 aliphatic heterocycles. The Hall–Kier alpha value is -2.43. The van der Waals surface area contributed by atoms with Crippen molar-refractivity contribution in [2.45, 2.75) is 10.3 Å². The lowest BCUT2D eigenvalue weighted by Crippen LogP contribution is -2.33. The summed E-state index contributed by atoms with van der Waals surface area (Å²) in [5, 5.41) is 2.70. The Bertz CT molecular complexity index is 725. The van der Waals surface area contributed by atoms with Crippen LogP contribution in [0, 0.1) is 0 Å². The molecule has 0 saturated heterocycles. The van der Waals surface area contributed by atoms with Gasteiger partial charge in [0.1, 0.15) is 0 Å². The summed E-state index contributed by atoms with van der Waals surface area (Å²) in [5.74, 6) is -0.0243. The molecule has 2 heterocycles. The van der Waals surface area contributed by atoms with E-state index < -0.39 is 11.1 Å². The second kappa shape index (κ2) is 5.06. The molecule has 0 atom stereocenters. The van der Waals surface area contributed by atoms with Crippen LogP contribution < -0.4 is 21.6 Å². The zero-order chi connectivity index (χ0) is 14.0. The Morgan fingerprint density at radius 1 is 1.26 bits per heavy atom. The number of aromatic nitrogens is 6. The minimum absolute atomic E-state index is 0.0243. The maximum atomic E-state index is 11.2. The average Bonchev–Trinajstić information content (AvgIpc) is 2.35. The highest BCUT2D eigenvalue weighted by molar-refractivity contribution is 7.99. The van der Waals surface area contributed by atoms with E-state index in [2.05, 4.69) is 25.0 Å². The fourth-order valence-corrected chi connectivity index (χ4v) is 1.86. The van der Waals surface area contributed by atoms with Gasteiger partial charge < -0.3 is 10.5 Å². The van der Waals surface area contributed by atoms with Crippen molar-refractivity contribution in [1.29, 1.82) is 0 Å². The number of ether oxygens (including phenoxy) is 1. The molecule has 0 unspecified atom stereocenters. The summed E-state index contributed by atoms with van der Waals surface area (Å²) in [6.45, 7) is 0. The molecular weight excluding hydrogens is 274 g/mol. The summed E-state index contributed by atoms with van der Waals surface area (Å²) in [5.41, 5.74) is 3.78. The van der Waals surface area contributed by atoms with E-state index in [4.69, 9.17) is 10.5 Å². The predicted molar refractivity (Wildman–Crippen MR) is 65.0 cm³/mol. The number of hydrogen-bond donors (Lipinski definition) is 2. The van der Waals surface area contributed by atoms with Gasteiger partial charge in [0, 0.05) is 7.05 Å². The van der Waals surface area contributed by atoms with Gasteiger partial charge in [0.15, 0.2) is 5.16 Å². The first-order valence-corrected chi connectivity index (χ1v) is 5.72. The number of H-pyrrole nitrogens is 1. The van der Waals surface area contributed by atoms with Gasteiger partial charge in [-0.1, -0.05) is 0 Å². The van der Waals surface area contributed by atoms with Crippen LogP contribution in [0.4, 0.5) is 5.95 Å². The van der Waals surface area contributed by atoms with Crippen LogP contribution in [0.1, 0.15) is 0 Å². The normalized spacial score (nSPS) is 10.4. The van der Waals surface area contributed by atoms with Gasteiger partial charge in [0.25, 0.3) is 0 Å². The Balaban J connectivity index is 2.41. The predicted octanol–water partition coefficient (Wildman–Crippen LogP) is -1.60. The van der Waals surface area contributed by atoms with E-state index in [1.54, 1.807) is 0 Å². The lowest BCUT2D eigenvalue weighted by atomic mass is 10.8. The summed E-state index contributed by atoms with van der Waals surface area (Å²) in [4.78, 5) is 37.4. The van der Waals surface area contributed by atoms with Gasteiger partial charge in [0.05, 0.1) is 7.11 Å². The molecule has 0 bridgehead atoms. The van der Waals surface area contributed by atoms with Crippen molar-refractivity contribution < 1.29 is 4.74 Å². The molecule has 0 radical (unpaired) electrons. The number of nitrogens with two attached hydrogens (primary N) is 1. The Morgan fingerprint density at radius 2 is 2.00 bits per heavy atom. The maximum absolute atomic E-state index is 11.2. The van der Waals surface area contributed by atoms with Crippen LogP contribution in [-0.4, -0.2) is 36.8 Å². The third-order valence-corrected chi connectivity index (χ3v) is 2.84. The van der Waals surface area contributed by atoms with Crippen LogP contribution in [-0.2, 0) is 7.05 Å². The first kappa shape index (κ1) is 13.0. The van der Waals surface area contributed by atoms with Gasteiger partial charge in [-0.15, -0.1) is 0 Å². The van der Waals surface area contributed by atoms with Crippen molar-refractivity contribution in [2.75, 3.05) is 12.8 Å². The largest absolute Gasteiger partial charge is 0.467 e. The van der Waals surface area contributed by atoms with Gasteiger partial charge in [0.2, 0.25) is 11.1 Å². The third-order valence-electron chi connectivity index (χ3n) is 1.92. The monoisotopic (exact) mass is 283 g/mol. The minimum Gasteiger partial charge on any atom is -0.467 e. The number of aromatic amines is 1. The van der Waals surface area contributed by atoms with E-state index in [-0.39, 0.29) is 22.3 Å². The third kappa shape index (κ3) is 2.88. The van der Waals surface area contributed by atoms with Gasteiger partial charge >= 0.3 is 17.1 Å². The van der Waals surface area contributed by atoms with Crippen molar-refractivity contribution >= 4 is 17.7 Å². The summed E-state index contributed by atoms with van der Waals surface area (Å²) in [6.07, 6.45) is 0. The summed E-state index contributed by atoms with van der Waals surface area (Å²) in [6, 6.07) is 0.0458. The molecule has 10 nitrogen and oxygen atoms in total. The molecule has 2 aromatic rings. The SMILES string of the molecule is COc1nc(N)nc(Sc2nc(=O)c(=O)[nH]n2C)n1. The van der Waals surface area contributed by atoms with E-state index in [1.807, 2.05) is 0 Å². The van der Waals surface area contributed by atoms with Crippen molar-refractivity contribution in [2.24, 2.45) is 7.05 Å². The fourth-order valence-electron chi connectivity index (χ4n) is 1.12. The summed E-state index contributed by atoms with van der Waals surface area (Å²) < 4.78 is 6.12. The first-order valence-electron chi connectivity index (χ1n) is 4.90. The maximum Gasteiger partial charge on any atom is 0.339 e. The van der Waals surface area contributed by atoms with E-state index in [1.165, 1.54) is 18.8 Å². The molecule has 0 spiro atoms. The van der Waals surface area contributed by atoms with Gasteiger partial charge in [-0.3, -0.25) is 19.4 Å². The molecular formula is C8H9N7O3S. The second-order valence-corrected chi connectivity index (χ2v) is 4.20. The van der Waals surface area contributed by atoms with Crippen LogP contribution in [0.2, 0.25) is 0 Å². The van der Waals surface area contributed by atoms with E-state index in [9.17, 15) is 9.59 Å². The molecule has 0 aromatic carbocycles. The molecule has 0 aliphatic carbocycles. The number of anilines is 1. The van der Waals surface area contributed by atoms with Gasteiger partial charge in [-0.25, -0.2) is 0 Å². The smallest absolute Gasteiger partial charge is 0.339 e. The number of rotatable bonds is 3. The summed E-state index contributed by atoms with van der Waals surface area (Å²) >= 11 is 0.940. The van der Waals surface area contributed by atoms with E-state index in [0.717, 1.165) is 11.8 Å². The van der Waals surface area contributed by atoms with Crippen molar-refractivity contribution in [1.82, 2.24) is 29.7 Å². The second-order valence-electron chi connectivity index (χ2n) is 3.26. The quantitative estimate of drug-likeness (QED) is 0.636. The average molecular weight is 283 g/mol. The zero-order valence-corrected chi connectivity index (χ0v) is 10.8. The van der Waals surface area contributed by atoms with Crippen LogP contribution in [0.3, 0.4) is 0 Å². The molecule has 11 heteroatoms. The highest BCUT2D eigenvalue weighted by atomic mass is 32.2. The standard InChI is InChI=1S/C8H9N7O3S/c1-15-8(10-3(16)4(17)14-15)19-7-12-5(9)11-6(13-7)18-2/h1-2H3,(H,14,17)(H2,9,11,12,13). The number of aryl methyl sites for hydroxylation is 1. The van der Waals surface area contributed by atoms with Crippen molar-refractivity contribution in [3.63, 3.8) is 0 Å². The Labute approximate surface area is 110 Å². The minimum atomic E-state index is -0.894. The molecule has 19 heavy (non-hydrogen) atoms. The molecule has 0 aliphatic rings. The number of methoxy groups -OCH3 is 1. The fraction of sp³-hybridized carbons (Fsp3) is 0.250. The van der Waals surface area contributed by atoms with Gasteiger partial charge in [-0.2, -0.15) is 19.9 Å². The van der Waals surface area contributed by atoms with Crippen LogP contribution in [0.5, 0.6) is 6.01 Å². The summed E-state index contributed by atoms with van der Waals surface area (Å²) in [7, 11) is 2.91. The van der Waals surface area contributed by atoms with E-state index in [0.29, 0.717) is 0 Å². The van der Waals surface area contributed by atoms with Crippen LogP contribution in [0.25, 0.3) is 0 Å². The number of nitrogen functional groups attached to an aromatic ring is 1. The highest BCUT2D eigenvalue weighted by Crippen LogP contribution is 2.21. The lowest BCUT2D eigenvalue weighted by Gasteiger charge is -2.05. The highest BCUT2D eigenvalue weighted by Gasteiger charge is 2.11. The number of nitrogens with one attached hydrogen (secondary N) is 1. The molecule has 0 saturated carbocycles. The van der Waals surface area contributed by atoms with Crippen molar-refractivity contribution in [3.05, 3.63) is 20.7 Å². The molecule has 0 amide bonds. The molecule has 3 N–H and O–H groups in total. The first-order chi connectivity index (χ1) is 8.99. The molecule has 0 fully saturated rings. The zero-order valence-electron chi connectivity index (χ0n) is 9.95. The van der Waals surface area contributed by atoms with E-state index >= 15 is 0 Å². The lowest BCUT2D eigenvalue weighted by molar-refractivity contribution is 0.374. The molecule has 2 rings (SSSR count). The van der Waals surface area contributed by atoms with Crippen LogP contribution in [0.15, 0.2) is 19.9 Å². The number of nitrogens with zero attached hydrogens (tertiary/aromatic N) is 5. The Kier molecular flexibility index (Phi) is 3.46. The van der Waals surface area contributed by atoms with Crippen molar-refractivity contribution in [3.8, 4) is 6.01 Å². The molecule has 2 aromatic heterocycles. The Morgan fingerprint density at radius 3 is 2.68 bits per heavy atom. The number of hydrogen-bond acceptors (Lipinski definition) is 9. The molecule has 100 valence electrons. The topological polar surface area (TPSA) is 142 Å². The van der Waals surface area contributed by atoms with Gasteiger partial charge in [-0.05, 0) is 11.8 Å². The van der Waals surface area contributed by atoms with Crippen LogP contribution >= 0.6 is 11.8 Å².